The van der Waals surface area contributed by atoms with Gasteiger partial charge in [-0.25, -0.2) is 0 Å². The van der Waals surface area contributed by atoms with Gasteiger partial charge >= 0.3 is 0 Å². The van der Waals surface area contributed by atoms with Gasteiger partial charge in [-0.15, -0.1) is 0 Å². The zero-order chi connectivity index (χ0) is 12.5. The summed E-state index contributed by atoms with van der Waals surface area (Å²) in [7, 11) is 0. The Bertz CT molecular complexity index is 343. The van der Waals surface area contributed by atoms with Gasteiger partial charge in [-0.3, -0.25) is 4.79 Å². The summed E-state index contributed by atoms with van der Waals surface area (Å²) in [5, 5.41) is 11.3. The van der Waals surface area contributed by atoms with Gasteiger partial charge in [0.2, 0.25) is 5.91 Å². The molecule has 0 saturated heterocycles. The summed E-state index contributed by atoms with van der Waals surface area (Å²) < 4.78 is 0. The van der Waals surface area contributed by atoms with E-state index < -0.39 is 0 Å². The van der Waals surface area contributed by atoms with Gasteiger partial charge in [-0.1, -0.05) is 0 Å². The monoisotopic (exact) mass is 246 g/mol. The van der Waals surface area contributed by atoms with Crippen LogP contribution < -0.4 is 5.32 Å². The van der Waals surface area contributed by atoms with Gasteiger partial charge in [-0.2, -0.15) is 5.26 Å². The van der Waals surface area contributed by atoms with Gasteiger partial charge in [0, 0.05) is 6.54 Å². The van der Waals surface area contributed by atoms with E-state index in [0.717, 1.165) is 42.6 Å². The summed E-state index contributed by atoms with van der Waals surface area (Å²) >= 11 is 0. The molecule has 18 heavy (non-hydrogen) atoms. The van der Waals surface area contributed by atoms with Crippen LogP contribution in [0.3, 0.4) is 0 Å². The summed E-state index contributed by atoms with van der Waals surface area (Å²) in [5.41, 5.74) is 0. The molecule has 0 atom stereocenters. The molecule has 0 spiro atoms. The molecule has 4 aliphatic rings. The minimum atomic E-state index is -0.110. The van der Waals surface area contributed by atoms with Gasteiger partial charge in [0.1, 0.15) is 6.42 Å². The molecule has 4 saturated carbocycles. The number of nitrogens with zero attached hydrogens (tertiary/aromatic N) is 1. The number of hydrogen-bond acceptors (Lipinski definition) is 2. The Kier molecular flexibility index (Phi) is 3.28. The normalized spacial score (nSPS) is 40.5. The van der Waals surface area contributed by atoms with E-state index >= 15 is 0 Å². The molecule has 0 aromatic carbocycles. The highest BCUT2D eigenvalue weighted by molar-refractivity contribution is 5.77. The van der Waals surface area contributed by atoms with Crippen molar-refractivity contribution in [3.63, 3.8) is 0 Å². The Hall–Kier alpha value is -1.04. The van der Waals surface area contributed by atoms with Crippen molar-refractivity contribution in [3.05, 3.63) is 0 Å². The van der Waals surface area contributed by atoms with Crippen molar-refractivity contribution in [3.8, 4) is 6.07 Å². The van der Waals surface area contributed by atoms with Crippen molar-refractivity contribution in [2.24, 2.45) is 29.6 Å². The number of carbonyl (C=O) groups excluding carboxylic acids is 1. The fourth-order valence-corrected chi connectivity index (χ4v) is 5.02. The lowest BCUT2D eigenvalue weighted by atomic mass is 9.51. The van der Waals surface area contributed by atoms with Crippen LogP contribution in [-0.2, 0) is 4.79 Å². The molecule has 3 heteroatoms. The van der Waals surface area contributed by atoms with Crippen LogP contribution in [0.5, 0.6) is 0 Å². The quantitative estimate of drug-likeness (QED) is 0.828. The molecule has 4 aliphatic carbocycles. The number of nitriles is 1. The standard InChI is InChI=1S/C15H22N2O/c16-3-1-15(18)17-4-2-14-12-6-10-5-11(8-12)9-13(14)7-10/h10-14H,1-2,4-9H2,(H,17,18). The highest BCUT2D eigenvalue weighted by Gasteiger charge is 2.47. The highest BCUT2D eigenvalue weighted by Crippen LogP contribution is 2.57. The predicted molar refractivity (Wildman–Crippen MR) is 68.4 cm³/mol. The SMILES string of the molecule is N#CCC(=O)NCCC1C2CC3CC(C2)CC1C3. The summed E-state index contributed by atoms with van der Waals surface area (Å²) in [6.07, 6.45) is 8.42. The van der Waals surface area contributed by atoms with Gasteiger partial charge in [0.05, 0.1) is 6.07 Å². The van der Waals surface area contributed by atoms with Gasteiger partial charge in [0.15, 0.2) is 0 Å². The zero-order valence-corrected chi connectivity index (χ0v) is 10.9. The summed E-state index contributed by atoms with van der Waals surface area (Å²) in [6.45, 7) is 0.771. The summed E-state index contributed by atoms with van der Waals surface area (Å²) in [6, 6.07) is 1.90. The van der Waals surface area contributed by atoms with Crippen LogP contribution in [0.4, 0.5) is 0 Å². The lowest BCUT2D eigenvalue weighted by molar-refractivity contribution is -0.120. The van der Waals surface area contributed by atoms with Crippen molar-refractivity contribution < 1.29 is 4.79 Å². The van der Waals surface area contributed by atoms with E-state index in [-0.39, 0.29) is 12.3 Å². The molecule has 4 bridgehead atoms. The van der Waals surface area contributed by atoms with Crippen molar-refractivity contribution in [1.82, 2.24) is 5.32 Å². The summed E-state index contributed by atoms with van der Waals surface area (Å²) in [5.74, 6) is 4.67. The van der Waals surface area contributed by atoms with E-state index in [1.54, 1.807) is 0 Å². The first-order valence-corrected chi connectivity index (χ1v) is 7.40. The van der Waals surface area contributed by atoms with Gasteiger partial charge in [0.25, 0.3) is 0 Å². The fraction of sp³-hybridized carbons (Fsp3) is 0.867. The third-order valence-electron chi connectivity index (χ3n) is 5.46. The molecular weight excluding hydrogens is 224 g/mol. The number of nitrogens with one attached hydrogen (secondary N) is 1. The van der Waals surface area contributed by atoms with Crippen molar-refractivity contribution >= 4 is 5.91 Å². The van der Waals surface area contributed by atoms with Crippen LogP contribution in [-0.4, -0.2) is 12.5 Å². The third kappa shape index (κ3) is 2.25. The van der Waals surface area contributed by atoms with Crippen LogP contribution in [0.25, 0.3) is 0 Å². The topological polar surface area (TPSA) is 52.9 Å². The maximum Gasteiger partial charge on any atom is 0.234 e. The second-order valence-corrected chi connectivity index (χ2v) is 6.57. The van der Waals surface area contributed by atoms with E-state index in [4.69, 9.17) is 5.26 Å². The van der Waals surface area contributed by atoms with E-state index in [2.05, 4.69) is 5.32 Å². The maximum absolute atomic E-state index is 11.3. The molecule has 0 heterocycles. The number of hydrogen-bond donors (Lipinski definition) is 1. The first-order valence-electron chi connectivity index (χ1n) is 7.40. The van der Waals surface area contributed by atoms with E-state index in [9.17, 15) is 4.79 Å². The van der Waals surface area contributed by atoms with Crippen molar-refractivity contribution in [2.45, 2.75) is 44.9 Å². The molecule has 98 valence electrons. The number of rotatable bonds is 4. The van der Waals surface area contributed by atoms with Crippen LogP contribution in [0.2, 0.25) is 0 Å². The fourth-order valence-electron chi connectivity index (χ4n) is 5.02. The average molecular weight is 246 g/mol. The molecule has 0 unspecified atom stereocenters. The Labute approximate surface area is 109 Å². The highest BCUT2D eigenvalue weighted by atomic mass is 16.1. The first-order chi connectivity index (χ1) is 8.76. The largest absolute Gasteiger partial charge is 0.355 e. The Balaban J connectivity index is 1.49. The summed E-state index contributed by atoms with van der Waals surface area (Å²) in [4.78, 5) is 11.3. The Morgan fingerprint density at radius 1 is 1.11 bits per heavy atom. The predicted octanol–water partition coefficient (Wildman–Crippen LogP) is 2.48. The van der Waals surface area contributed by atoms with E-state index in [1.807, 2.05) is 6.07 Å². The van der Waals surface area contributed by atoms with Crippen molar-refractivity contribution in [2.75, 3.05) is 6.54 Å². The minimum absolute atomic E-state index is 0.00166. The number of carbonyl (C=O) groups is 1. The molecule has 0 aromatic rings. The van der Waals surface area contributed by atoms with Crippen LogP contribution >= 0.6 is 0 Å². The van der Waals surface area contributed by atoms with Crippen LogP contribution in [0.15, 0.2) is 0 Å². The average Bonchev–Trinajstić information content (AvgIpc) is 2.32. The second kappa shape index (κ2) is 4.91. The third-order valence-corrected chi connectivity index (χ3v) is 5.46. The van der Waals surface area contributed by atoms with Crippen molar-refractivity contribution in [1.29, 1.82) is 5.26 Å². The first kappa shape index (κ1) is 12.0. The van der Waals surface area contributed by atoms with Gasteiger partial charge < -0.3 is 5.32 Å². The molecular formula is C15H22N2O. The number of amides is 1. The minimum Gasteiger partial charge on any atom is -0.355 e. The molecule has 1 amide bonds. The molecule has 1 N–H and O–H groups in total. The van der Waals surface area contributed by atoms with Crippen LogP contribution in [0.1, 0.15) is 44.9 Å². The Morgan fingerprint density at radius 2 is 1.72 bits per heavy atom. The lowest BCUT2D eigenvalue weighted by Gasteiger charge is -2.54. The molecule has 0 radical (unpaired) electrons. The van der Waals surface area contributed by atoms with Gasteiger partial charge in [-0.05, 0) is 68.1 Å². The smallest absolute Gasteiger partial charge is 0.234 e. The molecule has 4 rings (SSSR count). The Morgan fingerprint density at radius 3 is 2.28 bits per heavy atom. The molecule has 0 aliphatic heterocycles. The van der Waals surface area contributed by atoms with Crippen LogP contribution in [0, 0.1) is 40.9 Å². The molecule has 4 fully saturated rings. The second-order valence-electron chi connectivity index (χ2n) is 6.57. The lowest BCUT2D eigenvalue weighted by Crippen LogP contribution is -2.46. The zero-order valence-electron chi connectivity index (χ0n) is 10.9. The maximum atomic E-state index is 11.3. The van der Waals surface area contributed by atoms with E-state index in [1.165, 1.54) is 32.1 Å². The van der Waals surface area contributed by atoms with E-state index in [0.29, 0.717) is 0 Å². The molecule has 3 nitrogen and oxygen atoms in total. The molecule has 0 aromatic heterocycles.